The predicted octanol–water partition coefficient (Wildman–Crippen LogP) is 2.12. The van der Waals surface area contributed by atoms with E-state index >= 15 is 0 Å². The topological polar surface area (TPSA) is 116 Å². The lowest BCUT2D eigenvalue weighted by Gasteiger charge is -2.16. The molecule has 0 fully saturated rings. The number of nitrogens with two attached hydrogens (primary N) is 2. The number of benzene rings is 1. The fourth-order valence-corrected chi connectivity index (χ4v) is 3.59. The molecular weight excluding hydrogens is 332 g/mol. The average molecular weight is 354 g/mol. The lowest BCUT2D eigenvalue weighted by Crippen LogP contribution is -2.23. The molecule has 0 saturated heterocycles. The number of aromatic hydroxyl groups is 1. The fourth-order valence-electron chi connectivity index (χ4n) is 3.59. The number of nitrogens with zero attached hydrogens (tertiary/aromatic N) is 2. The zero-order valence-corrected chi connectivity index (χ0v) is 15.3. The monoisotopic (exact) mass is 354 g/mol. The first kappa shape index (κ1) is 17.6. The standard InChI is InChI=1S/C19H22N4O3/c1-5-22-10(3)8-12-14(19(22)26)15(18(21)25)17(20)23(12)16-9(2)6-7-13(24)11(16)4/h6-8,24H,5,20H2,1-4H3,(H2,21,25). The van der Waals surface area contributed by atoms with Crippen LogP contribution in [0.1, 0.15) is 34.1 Å². The molecule has 0 radical (unpaired) electrons. The summed E-state index contributed by atoms with van der Waals surface area (Å²) in [7, 11) is 0. The van der Waals surface area contributed by atoms with Crippen molar-refractivity contribution in [2.24, 2.45) is 5.73 Å². The van der Waals surface area contributed by atoms with Crippen LogP contribution in [0.5, 0.6) is 5.75 Å². The summed E-state index contributed by atoms with van der Waals surface area (Å²) in [6, 6.07) is 5.17. The van der Waals surface area contributed by atoms with Crippen LogP contribution in [0.2, 0.25) is 0 Å². The number of aromatic nitrogens is 2. The molecule has 136 valence electrons. The number of anilines is 1. The maximum atomic E-state index is 13.0. The molecule has 0 aliphatic carbocycles. The molecule has 0 aliphatic heterocycles. The largest absolute Gasteiger partial charge is 0.508 e. The van der Waals surface area contributed by atoms with Crippen molar-refractivity contribution < 1.29 is 9.90 Å². The summed E-state index contributed by atoms with van der Waals surface area (Å²) in [5.41, 5.74) is 14.8. The quantitative estimate of drug-likeness (QED) is 0.668. The van der Waals surface area contributed by atoms with Gasteiger partial charge in [-0.1, -0.05) is 6.07 Å². The lowest BCUT2D eigenvalue weighted by atomic mass is 10.1. The van der Waals surface area contributed by atoms with Gasteiger partial charge in [0, 0.05) is 17.8 Å². The maximum Gasteiger partial charge on any atom is 0.261 e. The zero-order chi connectivity index (χ0) is 19.3. The first-order valence-electron chi connectivity index (χ1n) is 8.34. The van der Waals surface area contributed by atoms with E-state index in [9.17, 15) is 14.7 Å². The van der Waals surface area contributed by atoms with Crippen LogP contribution in [0.15, 0.2) is 23.0 Å². The van der Waals surface area contributed by atoms with Crippen molar-refractivity contribution in [1.29, 1.82) is 0 Å². The van der Waals surface area contributed by atoms with E-state index in [1.54, 1.807) is 28.2 Å². The number of pyridine rings is 1. The summed E-state index contributed by atoms with van der Waals surface area (Å²) >= 11 is 0. The van der Waals surface area contributed by atoms with E-state index in [0.29, 0.717) is 23.3 Å². The van der Waals surface area contributed by atoms with E-state index in [1.165, 1.54) is 0 Å². The molecule has 0 spiro atoms. The van der Waals surface area contributed by atoms with Crippen molar-refractivity contribution in [1.82, 2.24) is 9.13 Å². The van der Waals surface area contributed by atoms with E-state index in [0.717, 1.165) is 11.3 Å². The number of hydrogen-bond donors (Lipinski definition) is 3. The Balaban J connectivity index is 2.62. The Bertz CT molecular complexity index is 1120. The Morgan fingerprint density at radius 2 is 1.88 bits per heavy atom. The van der Waals surface area contributed by atoms with Gasteiger partial charge in [-0.15, -0.1) is 0 Å². The van der Waals surface area contributed by atoms with Gasteiger partial charge >= 0.3 is 0 Å². The smallest absolute Gasteiger partial charge is 0.261 e. The molecule has 26 heavy (non-hydrogen) atoms. The molecule has 3 aromatic rings. The third-order valence-corrected chi connectivity index (χ3v) is 4.86. The minimum Gasteiger partial charge on any atom is -0.508 e. The van der Waals surface area contributed by atoms with Crippen molar-refractivity contribution in [3.63, 3.8) is 0 Å². The number of amides is 1. The van der Waals surface area contributed by atoms with Gasteiger partial charge in [-0.2, -0.15) is 0 Å². The van der Waals surface area contributed by atoms with E-state index in [4.69, 9.17) is 11.5 Å². The number of nitrogen functional groups attached to an aromatic ring is 1. The number of rotatable bonds is 3. The summed E-state index contributed by atoms with van der Waals surface area (Å²) in [6.07, 6.45) is 0. The van der Waals surface area contributed by atoms with E-state index < -0.39 is 5.91 Å². The molecular formula is C19H22N4O3. The first-order chi connectivity index (χ1) is 12.2. The Kier molecular flexibility index (Phi) is 4.02. The van der Waals surface area contributed by atoms with Gasteiger partial charge in [0.1, 0.15) is 11.6 Å². The number of aryl methyl sites for hydroxylation is 2. The summed E-state index contributed by atoms with van der Waals surface area (Å²) in [5.74, 6) is -0.564. The van der Waals surface area contributed by atoms with Crippen LogP contribution in [0.25, 0.3) is 16.6 Å². The van der Waals surface area contributed by atoms with Crippen molar-refractivity contribution in [2.75, 3.05) is 5.73 Å². The van der Waals surface area contributed by atoms with Crippen LogP contribution in [0, 0.1) is 20.8 Å². The lowest BCUT2D eigenvalue weighted by molar-refractivity contribution is 0.100. The minimum atomic E-state index is -0.759. The third-order valence-electron chi connectivity index (χ3n) is 4.86. The third kappa shape index (κ3) is 2.28. The molecule has 1 amide bonds. The molecule has 7 nitrogen and oxygen atoms in total. The Labute approximate surface area is 150 Å². The number of carbonyl (C=O) groups excluding carboxylic acids is 1. The van der Waals surface area contributed by atoms with Gasteiger partial charge < -0.3 is 21.1 Å². The number of fused-ring (bicyclic) bond motifs is 1. The Morgan fingerprint density at radius 1 is 1.23 bits per heavy atom. The van der Waals surface area contributed by atoms with Crippen molar-refractivity contribution in [2.45, 2.75) is 34.2 Å². The molecule has 0 bridgehead atoms. The number of hydrogen-bond acceptors (Lipinski definition) is 4. The van der Waals surface area contributed by atoms with Crippen molar-refractivity contribution in [3.8, 4) is 11.4 Å². The molecule has 1 aromatic carbocycles. The van der Waals surface area contributed by atoms with Gasteiger partial charge in [-0.3, -0.25) is 14.2 Å². The second-order valence-corrected chi connectivity index (χ2v) is 6.43. The molecule has 0 unspecified atom stereocenters. The Morgan fingerprint density at radius 3 is 2.46 bits per heavy atom. The highest BCUT2D eigenvalue weighted by molar-refractivity contribution is 6.11. The summed E-state index contributed by atoms with van der Waals surface area (Å²) in [6.45, 7) is 7.77. The SMILES string of the molecule is CCn1c(C)cc2c(c(C(N)=O)c(N)n2-c2c(C)ccc(O)c2C)c1=O. The molecule has 2 aromatic heterocycles. The average Bonchev–Trinajstić information content (AvgIpc) is 2.85. The number of phenols is 1. The normalized spacial score (nSPS) is 11.2. The molecule has 2 heterocycles. The van der Waals surface area contributed by atoms with Crippen LogP contribution in [0.4, 0.5) is 5.82 Å². The summed E-state index contributed by atoms with van der Waals surface area (Å²) < 4.78 is 3.20. The van der Waals surface area contributed by atoms with Crippen molar-refractivity contribution >= 4 is 22.6 Å². The van der Waals surface area contributed by atoms with Crippen molar-refractivity contribution in [3.05, 3.63) is 50.9 Å². The van der Waals surface area contributed by atoms with Gasteiger partial charge in [0.05, 0.1) is 22.2 Å². The van der Waals surface area contributed by atoms with Gasteiger partial charge in [-0.25, -0.2) is 0 Å². The Hall–Kier alpha value is -3.22. The molecule has 0 saturated carbocycles. The first-order valence-corrected chi connectivity index (χ1v) is 8.34. The minimum absolute atomic E-state index is 0.00865. The van der Waals surface area contributed by atoms with E-state index in [2.05, 4.69) is 0 Å². The van der Waals surface area contributed by atoms with Crippen LogP contribution >= 0.6 is 0 Å². The van der Waals surface area contributed by atoms with Gasteiger partial charge in [0.2, 0.25) is 0 Å². The second-order valence-electron chi connectivity index (χ2n) is 6.43. The number of phenolic OH excluding ortho intramolecular Hbond substituents is 1. The zero-order valence-electron chi connectivity index (χ0n) is 15.3. The highest BCUT2D eigenvalue weighted by Gasteiger charge is 2.25. The van der Waals surface area contributed by atoms with Crippen LogP contribution in [-0.2, 0) is 6.54 Å². The van der Waals surface area contributed by atoms with E-state index in [1.807, 2.05) is 26.8 Å². The molecule has 7 heteroatoms. The van der Waals surface area contributed by atoms with Gasteiger partial charge in [0.15, 0.2) is 0 Å². The number of primary amides is 1. The molecule has 3 rings (SSSR count). The highest BCUT2D eigenvalue weighted by atomic mass is 16.3. The second kappa shape index (κ2) is 5.94. The highest BCUT2D eigenvalue weighted by Crippen LogP contribution is 2.35. The molecule has 5 N–H and O–H groups in total. The van der Waals surface area contributed by atoms with E-state index in [-0.39, 0.29) is 28.1 Å². The summed E-state index contributed by atoms with van der Waals surface area (Å²) in [5, 5.41) is 10.3. The van der Waals surface area contributed by atoms with Gasteiger partial charge in [0.25, 0.3) is 11.5 Å². The van der Waals surface area contributed by atoms with Gasteiger partial charge in [-0.05, 0) is 45.4 Å². The van der Waals surface area contributed by atoms with Crippen LogP contribution < -0.4 is 17.0 Å². The maximum absolute atomic E-state index is 13.0. The van der Waals surface area contributed by atoms with Crippen LogP contribution in [0.3, 0.4) is 0 Å². The van der Waals surface area contributed by atoms with Crippen LogP contribution in [-0.4, -0.2) is 20.1 Å². The predicted molar refractivity (Wildman–Crippen MR) is 102 cm³/mol. The summed E-state index contributed by atoms with van der Waals surface area (Å²) in [4.78, 5) is 25.1. The molecule has 0 atom stereocenters. The molecule has 0 aliphatic rings. The number of carbonyl (C=O) groups is 1. The fraction of sp³-hybridized carbons (Fsp3) is 0.263.